The Morgan fingerprint density at radius 1 is 1.47 bits per heavy atom. The number of nitrogens with zero attached hydrogens (tertiary/aromatic N) is 6. The minimum absolute atomic E-state index is 0.146. The number of rotatable bonds is 5. The first kappa shape index (κ1) is 13.1. The van der Waals surface area contributed by atoms with Crippen LogP contribution >= 0.6 is 0 Å². The number of carboxylic acids is 1. The average molecular weight is 265 g/mol. The van der Waals surface area contributed by atoms with Crippen LogP contribution in [0, 0.1) is 6.92 Å². The number of nitrogens with two attached hydrogens (primary N) is 1. The van der Waals surface area contributed by atoms with Crippen molar-refractivity contribution >= 4 is 5.97 Å². The Hall–Kier alpha value is -2.29. The van der Waals surface area contributed by atoms with Gasteiger partial charge in [-0.1, -0.05) is 5.21 Å². The molecule has 9 nitrogen and oxygen atoms in total. The van der Waals surface area contributed by atoms with Crippen molar-refractivity contribution in [2.75, 3.05) is 0 Å². The predicted octanol–water partition coefficient (Wildman–Crippen LogP) is -1.28. The number of aryl methyl sites for hydroxylation is 1. The maximum atomic E-state index is 10.6. The fraction of sp³-hybridized carbons (Fsp3) is 0.500. The Kier molecular flexibility index (Phi) is 3.56. The first-order valence-electron chi connectivity index (χ1n) is 5.69. The van der Waals surface area contributed by atoms with Crippen LogP contribution < -0.4 is 5.73 Å². The molecule has 0 amide bonds. The third-order valence-corrected chi connectivity index (χ3v) is 2.82. The molecule has 0 saturated carbocycles. The van der Waals surface area contributed by atoms with Gasteiger partial charge in [0.15, 0.2) is 5.82 Å². The van der Waals surface area contributed by atoms with Crippen LogP contribution in [0.5, 0.6) is 0 Å². The highest BCUT2D eigenvalue weighted by atomic mass is 16.4. The molecule has 0 fully saturated rings. The summed E-state index contributed by atoms with van der Waals surface area (Å²) in [7, 11) is 1.86. The molecule has 2 aromatic heterocycles. The van der Waals surface area contributed by atoms with Gasteiger partial charge in [0.05, 0.1) is 5.69 Å². The van der Waals surface area contributed by atoms with Crippen LogP contribution in [0.15, 0.2) is 6.20 Å². The molecule has 2 rings (SSSR count). The van der Waals surface area contributed by atoms with Crippen molar-refractivity contribution in [1.82, 2.24) is 29.8 Å². The molecule has 9 heteroatoms. The van der Waals surface area contributed by atoms with Gasteiger partial charge in [-0.15, -0.1) is 15.3 Å². The van der Waals surface area contributed by atoms with Gasteiger partial charge in [0.2, 0.25) is 0 Å². The molecule has 102 valence electrons. The zero-order chi connectivity index (χ0) is 14.0. The second-order valence-corrected chi connectivity index (χ2v) is 4.28. The van der Waals surface area contributed by atoms with Gasteiger partial charge in [-0.2, -0.15) is 0 Å². The quantitative estimate of drug-likeness (QED) is 0.689. The van der Waals surface area contributed by atoms with E-state index in [4.69, 9.17) is 10.8 Å². The second kappa shape index (κ2) is 5.14. The molecule has 0 aromatic carbocycles. The lowest BCUT2D eigenvalue weighted by molar-refractivity contribution is -0.138. The van der Waals surface area contributed by atoms with Crippen LogP contribution in [-0.2, 0) is 24.8 Å². The summed E-state index contributed by atoms with van der Waals surface area (Å²) in [5.41, 5.74) is 5.97. The van der Waals surface area contributed by atoms with E-state index in [-0.39, 0.29) is 6.42 Å². The molecule has 0 aliphatic heterocycles. The zero-order valence-electron chi connectivity index (χ0n) is 10.7. The summed E-state index contributed by atoms with van der Waals surface area (Å²) in [6.45, 7) is 2.28. The van der Waals surface area contributed by atoms with E-state index in [0.717, 1.165) is 11.6 Å². The largest absolute Gasteiger partial charge is 0.480 e. The van der Waals surface area contributed by atoms with Crippen molar-refractivity contribution in [2.24, 2.45) is 12.8 Å². The maximum absolute atomic E-state index is 10.6. The summed E-state index contributed by atoms with van der Waals surface area (Å²) >= 11 is 0. The SMILES string of the molecule is Cc1nnc(Cn2cc(CC(N)C(=O)O)nn2)n1C. The molecule has 1 unspecified atom stereocenters. The first-order chi connectivity index (χ1) is 8.97. The number of aromatic nitrogens is 6. The summed E-state index contributed by atoms with van der Waals surface area (Å²) < 4.78 is 3.43. The number of carbonyl (C=O) groups is 1. The summed E-state index contributed by atoms with van der Waals surface area (Å²) in [5.74, 6) is 0.498. The third kappa shape index (κ3) is 2.94. The first-order valence-corrected chi connectivity index (χ1v) is 5.69. The summed E-state index contributed by atoms with van der Waals surface area (Å²) in [6, 6.07) is -0.970. The van der Waals surface area contributed by atoms with Crippen molar-refractivity contribution in [2.45, 2.75) is 25.9 Å². The van der Waals surface area contributed by atoms with Gasteiger partial charge in [-0.25, -0.2) is 4.68 Å². The van der Waals surface area contributed by atoms with E-state index in [1.807, 2.05) is 18.5 Å². The third-order valence-electron chi connectivity index (χ3n) is 2.82. The topological polar surface area (TPSA) is 125 Å². The number of aliphatic carboxylic acids is 1. The second-order valence-electron chi connectivity index (χ2n) is 4.28. The van der Waals surface area contributed by atoms with E-state index in [9.17, 15) is 4.79 Å². The maximum Gasteiger partial charge on any atom is 0.320 e. The highest BCUT2D eigenvalue weighted by Gasteiger charge is 2.15. The van der Waals surface area contributed by atoms with Crippen LogP contribution in [0.25, 0.3) is 0 Å². The van der Waals surface area contributed by atoms with Crippen molar-refractivity contribution in [3.8, 4) is 0 Å². The molecule has 0 aliphatic rings. The summed E-state index contributed by atoms with van der Waals surface area (Å²) in [6.07, 6.45) is 1.81. The van der Waals surface area contributed by atoms with Crippen molar-refractivity contribution in [3.63, 3.8) is 0 Å². The van der Waals surface area contributed by atoms with Gasteiger partial charge in [0, 0.05) is 19.7 Å². The minimum Gasteiger partial charge on any atom is -0.480 e. The Morgan fingerprint density at radius 2 is 2.21 bits per heavy atom. The van der Waals surface area contributed by atoms with E-state index in [1.54, 1.807) is 10.9 Å². The van der Waals surface area contributed by atoms with Crippen molar-refractivity contribution < 1.29 is 9.90 Å². The molecule has 0 aliphatic carbocycles. The summed E-state index contributed by atoms with van der Waals surface area (Å²) in [5, 5.41) is 24.5. The lowest BCUT2D eigenvalue weighted by atomic mass is 10.2. The molecule has 2 aromatic rings. The smallest absolute Gasteiger partial charge is 0.320 e. The minimum atomic E-state index is -1.06. The highest BCUT2D eigenvalue weighted by Crippen LogP contribution is 2.02. The van der Waals surface area contributed by atoms with Gasteiger partial charge in [0.25, 0.3) is 0 Å². The number of hydrogen-bond acceptors (Lipinski definition) is 6. The van der Waals surface area contributed by atoms with E-state index < -0.39 is 12.0 Å². The van der Waals surface area contributed by atoms with Crippen LogP contribution in [0.2, 0.25) is 0 Å². The lowest BCUT2D eigenvalue weighted by Gasteiger charge is -2.02. The molecule has 3 N–H and O–H groups in total. The fourth-order valence-electron chi connectivity index (χ4n) is 1.56. The molecule has 1 atom stereocenters. The van der Waals surface area contributed by atoms with Gasteiger partial charge in [0.1, 0.15) is 18.4 Å². The molecule has 0 radical (unpaired) electrons. The highest BCUT2D eigenvalue weighted by molar-refractivity contribution is 5.73. The molecular formula is C10H15N7O2. The number of carboxylic acid groups (broad SMARTS) is 1. The summed E-state index contributed by atoms with van der Waals surface area (Å²) in [4.78, 5) is 10.6. The number of hydrogen-bond donors (Lipinski definition) is 2. The van der Waals surface area contributed by atoms with Crippen molar-refractivity contribution in [3.05, 3.63) is 23.5 Å². The standard InChI is InChI=1S/C10H15N7O2/c1-6-12-14-9(16(6)2)5-17-4-7(13-15-17)3-8(11)10(18)19/h4,8H,3,5,11H2,1-2H3,(H,18,19). The molecule has 2 heterocycles. The molecule has 0 spiro atoms. The van der Waals surface area contributed by atoms with Gasteiger partial charge in [-0.05, 0) is 6.92 Å². The average Bonchev–Trinajstić information content (AvgIpc) is 2.91. The monoisotopic (exact) mass is 265 g/mol. The van der Waals surface area contributed by atoms with Crippen LogP contribution in [0.3, 0.4) is 0 Å². The Bertz CT molecular complexity index is 588. The van der Waals surface area contributed by atoms with Gasteiger partial charge < -0.3 is 15.4 Å². The van der Waals surface area contributed by atoms with Crippen LogP contribution in [0.4, 0.5) is 0 Å². The molecular weight excluding hydrogens is 250 g/mol. The fourth-order valence-corrected chi connectivity index (χ4v) is 1.56. The molecule has 19 heavy (non-hydrogen) atoms. The normalized spacial score (nSPS) is 12.6. The zero-order valence-corrected chi connectivity index (χ0v) is 10.7. The van der Waals surface area contributed by atoms with E-state index in [0.29, 0.717) is 12.2 Å². The Balaban J connectivity index is 2.05. The van der Waals surface area contributed by atoms with E-state index in [2.05, 4.69) is 20.5 Å². The molecule has 0 bridgehead atoms. The van der Waals surface area contributed by atoms with Gasteiger partial charge in [-0.3, -0.25) is 4.79 Å². The van der Waals surface area contributed by atoms with E-state index >= 15 is 0 Å². The lowest BCUT2D eigenvalue weighted by Crippen LogP contribution is -2.32. The van der Waals surface area contributed by atoms with E-state index in [1.165, 1.54) is 0 Å². The van der Waals surface area contributed by atoms with Crippen LogP contribution in [-0.4, -0.2) is 46.9 Å². The predicted molar refractivity (Wildman–Crippen MR) is 64.2 cm³/mol. The van der Waals surface area contributed by atoms with Crippen molar-refractivity contribution in [1.29, 1.82) is 0 Å². The van der Waals surface area contributed by atoms with Gasteiger partial charge >= 0.3 is 5.97 Å². The molecule has 0 saturated heterocycles. The Morgan fingerprint density at radius 3 is 2.79 bits per heavy atom. The van der Waals surface area contributed by atoms with Crippen LogP contribution in [0.1, 0.15) is 17.3 Å². The Labute approximate surface area is 109 Å².